The zero-order chi connectivity index (χ0) is 13.8. The summed E-state index contributed by atoms with van der Waals surface area (Å²) >= 11 is 0. The Labute approximate surface area is 111 Å². The van der Waals surface area contributed by atoms with Gasteiger partial charge in [-0.2, -0.15) is 0 Å². The van der Waals surface area contributed by atoms with Gasteiger partial charge in [-0.1, -0.05) is 0 Å². The normalized spacial score (nSPS) is 16.6. The maximum atomic E-state index is 13.3. The van der Waals surface area contributed by atoms with Crippen molar-refractivity contribution in [2.75, 3.05) is 6.61 Å². The third kappa shape index (κ3) is 3.23. The molecule has 4 nitrogen and oxygen atoms in total. The van der Waals surface area contributed by atoms with Crippen molar-refractivity contribution >= 4 is 5.97 Å². The minimum absolute atomic E-state index is 0.0820. The van der Waals surface area contributed by atoms with Gasteiger partial charge in [-0.05, 0) is 44.4 Å². The van der Waals surface area contributed by atoms with Crippen molar-refractivity contribution in [1.29, 1.82) is 0 Å². The minimum atomic E-state index is -1.52. The van der Waals surface area contributed by atoms with Crippen molar-refractivity contribution in [3.8, 4) is 5.75 Å². The highest BCUT2D eigenvalue weighted by atomic mass is 19.1. The molecule has 1 aliphatic carbocycles. The molecule has 5 heteroatoms. The number of hydrogen-bond donors (Lipinski definition) is 1. The molecule has 0 spiro atoms. The number of carbonyl (C=O) groups excluding carboxylic acids is 1. The topological polar surface area (TPSA) is 55.8 Å². The van der Waals surface area contributed by atoms with E-state index in [1.54, 1.807) is 6.92 Å². The summed E-state index contributed by atoms with van der Waals surface area (Å²) in [4.78, 5) is 11.5. The number of esters is 1. The monoisotopic (exact) mass is 268 g/mol. The molecule has 0 aliphatic heterocycles. The van der Waals surface area contributed by atoms with Crippen LogP contribution in [-0.2, 0) is 9.53 Å². The Bertz CT molecular complexity index is 457. The first-order chi connectivity index (χ1) is 9.11. The highest BCUT2D eigenvalue weighted by Crippen LogP contribution is 2.31. The van der Waals surface area contributed by atoms with Gasteiger partial charge in [0.15, 0.2) is 6.10 Å². The number of benzene rings is 1. The summed E-state index contributed by atoms with van der Waals surface area (Å²) in [7, 11) is 0. The summed E-state index contributed by atoms with van der Waals surface area (Å²) in [6.07, 6.45) is 1.53. The number of rotatable bonds is 5. The van der Waals surface area contributed by atoms with Crippen LogP contribution in [0.3, 0.4) is 0 Å². The van der Waals surface area contributed by atoms with Crippen molar-refractivity contribution < 1.29 is 23.8 Å². The second-order valence-electron chi connectivity index (χ2n) is 4.51. The molecular formula is C14H17FO4. The van der Waals surface area contributed by atoms with E-state index in [2.05, 4.69) is 0 Å². The Hall–Kier alpha value is -1.62. The zero-order valence-corrected chi connectivity index (χ0v) is 10.8. The lowest BCUT2D eigenvalue weighted by molar-refractivity contribution is -0.153. The van der Waals surface area contributed by atoms with Gasteiger partial charge in [0.05, 0.1) is 12.7 Å². The van der Waals surface area contributed by atoms with Gasteiger partial charge in [0.25, 0.3) is 0 Å². The van der Waals surface area contributed by atoms with Crippen LogP contribution in [-0.4, -0.2) is 23.8 Å². The predicted molar refractivity (Wildman–Crippen MR) is 66.3 cm³/mol. The molecule has 104 valence electrons. The van der Waals surface area contributed by atoms with Gasteiger partial charge in [-0.3, -0.25) is 0 Å². The molecule has 0 radical (unpaired) electrons. The average Bonchev–Trinajstić information content (AvgIpc) is 2.34. The summed E-state index contributed by atoms with van der Waals surface area (Å²) in [6, 6.07) is 3.79. The first kappa shape index (κ1) is 13.8. The van der Waals surface area contributed by atoms with E-state index in [1.165, 1.54) is 12.1 Å². The van der Waals surface area contributed by atoms with E-state index in [9.17, 15) is 14.3 Å². The largest absolute Gasteiger partial charge is 0.490 e. The van der Waals surface area contributed by atoms with E-state index < -0.39 is 17.9 Å². The van der Waals surface area contributed by atoms with E-state index in [0.717, 1.165) is 25.3 Å². The third-order valence-corrected chi connectivity index (χ3v) is 3.12. The highest BCUT2D eigenvalue weighted by Gasteiger charge is 2.26. The molecule has 1 aromatic carbocycles. The average molecular weight is 268 g/mol. The molecule has 1 saturated carbocycles. The van der Waals surface area contributed by atoms with E-state index in [0.29, 0.717) is 5.75 Å². The molecule has 1 aromatic rings. The van der Waals surface area contributed by atoms with Crippen LogP contribution in [0.15, 0.2) is 18.2 Å². The van der Waals surface area contributed by atoms with Gasteiger partial charge in [0, 0.05) is 5.56 Å². The molecule has 1 atom stereocenters. The lowest BCUT2D eigenvalue weighted by Gasteiger charge is -2.28. The fraction of sp³-hybridized carbons (Fsp3) is 0.500. The highest BCUT2D eigenvalue weighted by molar-refractivity contribution is 5.77. The van der Waals surface area contributed by atoms with Crippen molar-refractivity contribution in [3.05, 3.63) is 29.6 Å². The SMILES string of the molecule is CCOC(=O)C(O)c1cc(F)ccc1OC1CCC1. The molecule has 0 amide bonds. The lowest BCUT2D eigenvalue weighted by atomic mass is 9.96. The van der Waals surface area contributed by atoms with Crippen LogP contribution in [0.2, 0.25) is 0 Å². The molecular weight excluding hydrogens is 251 g/mol. The van der Waals surface area contributed by atoms with Crippen LogP contribution < -0.4 is 4.74 Å². The lowest BCUT2D eigenvalue weighted by Crippen LogP contribution is -2.26. The Morgan fingerprint density at radius 1 is 1.53 bits per heavy atom. The van der Waals surface area contributed by atoms with Gasteiger partial charge in [0.1, 0.15) is 11.6 Å². The maximum absolute atomic E-state index is 13.3. The van der Waals surface area contributed by atoms with Crippen LogP contribution in [0, 0.1) is 5.82 Å². The zero-order valence-electron chi connectivity index (χ0n) is 10.8. The van der Waals surface area contributed by atoms with Gasteiger partial charge < -0.3 is 14.6 Å². The van der Waals surface area contributed by atoms with Crippen LogP contribution in [0.25, 0.3) is 0 Å². The number of hydrogen-bond acceptors (Lipinski definition) is 4. The van der Waals surface area contributed by atoms with Crippen molar-refractivity contribution in [2.24, 2.45) is 0 Å². The number of aliphatic hydroxyl groups excluding tert-OH is 1. The number of aliphatic hydroxyl groups is 1. The summed E-state index contributed by atoms with van der Waals surface area (Å²) in [6.45, 7) is 1.80. The number of carbonyl (C=O) groups is 1. The van der Waals surface area contributed by atoms with Crippen LogP contribution in [0.1, 0.15) is 37.9 Å². The van der Waals surface area contributed by atoms with Gasteiger partial charge in [0.2, 0.25) is 0 Å². The van der Waals surface area contributed by atoms with E-state index >= 15 is 0 Å². The second kappa shape index (κ2) is 6.02. The number of ether oxygens (including phenoxy) is 2. The third-order valence-electron chi connectivity index (χ3n) is 3.12. The van der Waals surface area contributed by atoms with Crippen molar-refractivity contribution in [3.63, 3.8) is 0 Å². The quantitative estimate of drug-likeness (QED) is 0.833. The number of halogens is 1. The second-order valence-corrected chi connectivity index (χ2v) is 4.51. The van der Waals surface area contributed by atoms with Crippen LogP contribution in [0.5, 0.6) is 5.75 Å². The van der Waals surface area contributed by atoms with Gasteiger partial charge >= 0.3 is 5.97 Å². The van der Waals surface area contributed by atoms with Crippen molar-refractivity contribution in [2.45, 2.75) is 38.4 Å². The summed E-state index contributed by atoms with van der Waals surface area (Å²) in [5.74, 6) is -0.988. The molecule has 0 bridgehead atoms. The summed E-state index contributed by atoms with van der Waals surface area (Å²) < 4.78 is 23.7. The molecule has 1 aliphatic rings. The van der Waals surface area contributed by atoms with Crippen LogP contribution >= 0.6 is 0 Å². The molecule has 0 aromatic heterocycles. The first-order valence-electron chi connectivity index (χ1n) is 6.42. The summed E-state index contributed by atoms with van der Waals surface area (Å²) in [5.41, 5.74) is 0.116. The molecule has 0 heterocycles. The van der Waals surface area contributed by atoms with Crippen LogP contribution in [0.4, 0.5) is 4.39 Å². The van der Waals surface area contributed by atoms with E-state index in [-0.39, 0.29) is 18.3 Å². The standard InChI is InChI=1S/C14H17FO4/c1-2-18-14(17)13(16)11-8-9(15)6-7-12(11)19-10-4-3-5-10/h6-8,10,13,16H,2-5H2,1H3. The fourth-order valence-corrected chi connectivity index (χ4v) is 1.86. The molecule has 19 heavy (non-hydrogen) atoms. The Kier molecular flexibility index (Phi) is 4.37. The molecule has 1 unspecified atom stereocenters. The van der Waals surface area contributed by atoms with Crippen molar-refractivity contribution in [1.82, 2.24) is 0 Å². The molecule has 1 fully saturated rings. The molecule has 1 N–H and O–H groups in total. The van der Waals surface area contributed by atoms with E-state index in [1.807, 2.05) is 0 Å². The smallest absolute Gasteiger partial charge is 0.339 e. The molecule has 2 rings (SSSR count). The predicted octanol–water partition coefficient (Wildman–Crippen LogP) is 2.35. The van der Waals surface area contributed by atoms with E-state index in [4.69, 9.17) is 9.47 Å². The maximum Gasteiger partial charge on any atom is 0.339 e. The fourth-order valence-electron chi connectivity index (χ4n) is 1.86. The van der Waals surface area contributed by atoms with Gasteiger partial charge in [-0.25, -0.2) is 9.18 Å². The Balaban J connectivity index is 2.20. The summed E-state index contributed by atoms with van der Waals surface area (Å²) in [5, 5.41) is 9.91. The first-order valence-corrected chi connectivity index (χ1v) is 6.42. The van der Waals surface area contributed by atoms with Gasteiger partial charge in [-0.15, -0.1) is 0 Å². The Morgan fingerprint density at radius 3 is 2.84 bits per heavy atom. The minimum Gasteiger partial charge on any atom is -0.490 e. The Morgan fingerprint density at radius 2 is 2.26 bits per heavy atom. The molecule has 0 saturated heterocycles.